The summed E-state index contributed by atoms with van der Waals surface area (Å²) in [6.45, 7) is 0. The molecule has 0 radical (unpaired) electrons. The highest BCUT2D eigenvalue weighted by Gasteiger charge is 2.24. The normalized spacial score (nSPS) is 16.6. The van der Waals surface area contributed by atoms with Crippen LogP contribution in [-0.2, 0) is 12.8 Å². The first-order chi connectivity index (χ1) is 10.3. The first-order valence-electron chi connectivity index (χ1n) is 7.73. The van der Waals surface area contributed by atoms with Gasteiger partial charge in [-0.2, -0.15) is 0 Å². The summed E-state index contributed by atoms with van der Waals surface area (Å²) in [5, 5.41) is 0. The molecule has 0 spiro atoms. The molecule has 0 aliphatic heterocycles. The predicted octanol–water partition coefficient (Wildman–Crippen LogP) is 3.95. The van der Waals surface area contributed by atoms with E-state index >= 15 is 0 Å². The number of carbonyl (C=O) groups is 1. The molecular weight excluding hydrogens is 260 g/mol. The van der Waals surface area contributed by atoms with Crippen molar-refractivity contribution in [2.45, 2.75) is 38.2 Å². The van der Waals surface area contributed by atoms with Gasteiger partial charge in [0.15, 0.2) is 5.78 Å². The number of benzene rings is 2. The van der Waals surface area contributed by atoms with E-state index in [2.05, 4.69) is 12.1 Å². The summed E-state index contributed by atoms with van der Waals surface area (Å²) in [6, 6.07) is 13.7. The van der Waals surface area contributed by atoms with Crippen molar-refractivity contribution in [1.82, 2.24) is 0 Å². The van der Waals surface area contributed by atoms with E-state index in [9.17, 15) is 4.79 Å². The quantitative estimate of drug-likeness (QED) is 0.792. The van der Waals surface area contributed by atoms with Crippen LogP contribution >= 0.6 is 0 Å². The van der Waals surface area contributed by atoms with Crippen LogP contribution in [0.25, 0.3) is 0 Å². The van der Waals surface area contributed by atoms with Gasteiger partial charge in [0, 0.05) is 11.1 Å². The Morgan fingerprint density at radius 2 is 1.76 bits per heavy atom. The van der Waals surface area contributed by atoms with Gasteiger partial charge in [0.2, 0.25) is 0 Å². The lowest BCUT2D eigenvalue weighted by molar-refractivity contribution is 0.103. The molecule has 1 fully saturated rings. The van der Waals surface area contributed by atoms with Crippen molar-refractivity contribution in [2.24, 2.45) is 0 Å². The van der Waals surface area contributed by atoms with Crippen LogP contribution in [0, 0.1) is 0 Å². The third kappa shape index (κ3) is 2.58. The molecule has 2 aliphatic rings. The Kier molecular flexibility index (Phi) is 3.03. The molecule has 2 aromatic rings. The number of rotatable bonds is 4. The van der Waals surface area contributed by atoms with Crippen molar-refractivity contribution in [3.05, 3.63) is 64.7 Å². The van der Waals surface area contributed by atoms with Crippen LogP contribution in [0.15, 0.2) is 42.5 Å². The lowest BCUT2D eigenvalue weighted by Gasteiger charge is -2.08. The smallest absolute Gasteiger partial charge is 0.193 e. The van der Waals surface area contributed by atoms with Gasteiger partial charge in [-0.25, -0.2) is 0 Å². The molecule has 21 heavy (non-hydrogen) atoms. The number of aryl methyl sites for hydroxylation is 2. The summed E-state index contributed by atoms with van der Waals surface area (Å²) in [5.74, 6) is 0.899. The SMILES string of the molecule is O=C(c1cccc(OC2CC2)c1)c1ccc2c(c1)CCC2. The van der Waals surface area contributed by atoms with Crippen LogP contribution in [-0.4, -0.2) is 11.9 Å². The molecule has 0 aromatic heterocycles. The lowest BCUT2D eigenvalue weighted by atomic mass is 9.99. The Balaban J connectivity index is 1.61. The molecule has 2 nitrogen and oxygen atoms in total. The Morgan fingerprint density at radius 1 is 0.952 bits per heavy atom. The van der Waals surface area contributed by atoms with Crippen molar-refractivity contribution < 1.29 is 9.53 Å². The summed E-state index contributed by atoms with van der Waals surface area (Å²) in [5.41, 5.74) is 4.24. The minimum atomic E-state index is 0.0888. The molecule has 0 amide bonds. The van der Waals surface area contributed by atoms with Gasteiger partial charge in [-0.1, -0.05) is 24.3 Å². The van der Waals surface area contributed by atoms with Crippen molar-refractivity contribution in [3.8, 4) is 5.75 Å². The van der Waals surface area contributed by atoms with Crippen molar-refractivity contribution >= 4 is 5.78 Å². The molecule has 0 bridgehead atoms. The van der Waals surface area contributed by atoms with Crippen LogP contribution in [0.2, 0.25) is 0 Å². The standard InChI is InChI=1S/C19H18O2/c20-19(16-8-7-13-3-1-4-14(13)11-16)15-5-2-6-18(12-15)21-17-9-10-17/h2,5-8,11-12,17H,1,3-4,9-10H2. The average Bonchev–Trinajstić information content (AvgIpc) is 3.20. The van der Waals surface area contributed by atoms with Gasteiger partial charge in [-0.3, -0.25) is 4.79 Å². The van der Waals surface area contributed by atoms with Crippen molar-refractivity contribution in [3.63, 3.8) is 0 Å². The largest absolute Gasteiger partial charge is 0.490 e. The Hall–Kier alpha value is -2.09. The fourth-order valence-electron chi connectivity index (χ4n) is 2.97. The Labute approximate surface area is 124 Å². The fraction of sp³-hybridized carbons (Fsp3) is 0.316. The molecule has 0 atom stereocenters. The van der Waals surface area contributed by atoms with Crippen molar-refractivity contribution in [1.29, 1.82) is 0 Å². The second-order valence-electron chi connectivity index (χ2n) is 6.01. The van der Waals surface area contributed by atoms with Gasteiger partial charge in [-0.05, 0) is 61.4 Å². The molecule has 2 aliphatic carbocycles. The highest BCUT2D eigenvalue weighted by Crippen LogP contribution is 2.28. The maximum Gasteiger partial charge on any atom is 0.193 e. The van der Waals surface area contributed by atoms with Gasteiger partial charge in [0.05, 0.1) is 6.10 Å². The summed E-state index contributed by atoms with van der Waals surface area (Å²) in [7, 11) is 0. The minimum Gasteiger partial charge on any atom is -0.490 e. The first-order valence-corrected chi connectivity index (χ1v) is 7.73. The van der Waals surface area contributed by atoms with Crippen LogP contribution in [0.5, 0.6) is 5.75 Å². The van der Waals surface area contributed by atoms with Crippen molar-refractivity contribution in [2.75, 3.05) is 0 Å². The molecule has 0 unspecified atom stereocenters. The second kappa shape index (κ2) is 5.03. The number of ether oxygens (including phenoxy) is 1. The van der Waals surface area contributed by atoms with E-state index in [1.54, 1.807) is 0 Å². The molecule has 0 saturated heterocycles. The van der Waals surface area contributed by atoms with Crippen LogP contribution in [0.1, 0.15) is 46.3 Å². The van der Waals surface area contributed by atoms with E-state index in [0.717, 1.165) is 37.0 Å². The molecule has 2 aromatic carbocycles. The minimum absolute atomic E-state index is 0.0888. The molecule has 2 heteroatoms. The Bertz CT molecular complexity index is 698. The zero-order chi connectivity index (χ0) is 14.2. The fourth-order valence-corrected chi connectivity index (χ4v) is 2.97. The van der Waals surface area contributed by atoms with E-state index in [4.69, 9.17) is 4.74 Å². The van der Waals surface area contributed by atoms with Gasteiger partial charge >= 0.3 is 0 Å². The van der Waals surface area contributed by atoms with E-state index in [-0.39, 0.29) is 5.78 Å². The predicted molar refractivity (Wildman–Crippen MR) is 82.0 cm³/mol. The molecule has 0 heterocycles. The topological polar surface area (TPSA) is 26.3 Å². The summed E-state index contributed by atoms with van der Waals surface area (Å²) in [6.07, 6.45) is 6.06. The maximum atomic E-state index is 12.6. The average molecular weight is 278 g/mol. The summed E-state index contributed by atoms with van der Waals surface area (Å²) >= 11 is 0. The number of ketones is 1. The summed E-state index contributed by atoms with van der Waals surface area (Å²) < 4.78 is 5.77. The van der Waals surface area contributed by atoms with Gasteiger partial charge in [0.25, 0.3) is 0 Å². The van der Waals surface area contributed by atoms with Gasteiger partial charge in [0.1, 0.15) is 5.75 Å². The van der Waals surface area contributed by atoms with Crippen LogP contribution in [0.4, 0.5) is 0 Å². The molecule has 4 rings (SSSR count). The highest BCUT2D eigenvalue weighted by molar-refractivity contribution is 6.09. The monoisotopic (exact) mass is 278 g/mol. The number of hydrogen-bond acceptors (Lipinski definition) is 2. The van der Waals surface area contributed by atoms with E-state index in [1.165, 1.54) is 17.5 Å². The highest BCUT2D eigenvalue weighted by atomic mass is 16.5. The molecule has 1 saturated carbocycles. The molecule has 0 N–H and O–H groups in total. The lowest BCUT2D eigenvalue weighted by Crippen LogP contribution is -2.03. The zero-order valence-corrected chi connectivity index (χ0v) is 12.0. The van der Waals surface area contributed by atoms with Gasteiger partial charge < -0.3 is 4.74 Å². The third-order valence-electron chi connectivity index (χ3n) is 4.28. The zero-order valence-electron chi connectivity index (χ0n) is 12.0. The third-order valence-corrected chi connectivity index (χ3v) is 4.28. The van der Waals surface area contributed by atoms with E-state index in [0.29, 0.717) is 11.7 Å². The molecule has 106 valence electrons. The van der Waals surface area contributed by atoms with E-state index < -0.39 is 0 Å². The number of fused-ring (bicyclic) bond motifs is 1. The van der Waals surface area contributed by atoms with E-state index in [1.807, 2.05) is 30.3 Å². The van der Waals surface area contributed by atoms with Gasteiger partial charge in [-0.15, -0.1) is 0 Å². The van der Waals surface area contributed by atoms with Crippen LogP contribution < -0.4 is 4.74 Å². The summed E-state index contributed by atoms with van der Waals surface area (Å²) in [4.78, 5) is 12.6. The van der Waals surface area contributed by atoms with Crippen LogP contribution in [0.3, 0.4) is 0 Å². The second-order valence-corrected chi connectivity index (χ2v) is 6.01. The Morgan fingerprint density at radius 3 is 2.62 bits per heavy atom. The molecular formula is C19H18O2. The maximum absolute atomic E-state index is 12.6. The number of hydrogen-bond donors (Lipinski definition) is 0. The number of carbonyl (C=O) groups excluding carboxylic acids is 1. The first kappa shape index (κ1) is 12.6.